The predicted octanol–water partition coefficient (Wildman–Crippen LogP) is 4.10. The third-order valence-corrected chi connectivity index (χ3v) is 6.00. The number of nitro groups is 2. The first kappa shape index (κ1) is 23.8. The molecule has 3 rings (SSSR count). The summed E-state index contributed by atoms with van der Waals surface area (Å²) in [4.78, 5) is 37.2. The van der Waals surface area contributed by atoms with Crippen LogP contribution in [0.3, 0.4) is 0 Å². The molecular weight excluding hydrogens is 460 g/mol. The summed E-state index contributed by atoms with van der Waals surface area (Å²) in [6.45, 7) is 0. The average Bonchev–Trinajstić information content (AvgIpc) is 3.19. The smallest absolute Gasteiger partial charge is 0.266 e. The summed E-state index contributed by atoms with van der Waals surface area (Å²) in [5, 5.41) is 50.7. The zero-order valence-corrected chi connectivity index (χ0v) is 17.9. The van der Waals surface area contributed by atoms with Crippen LogP contribution >= 0.6 is 11.8 Å². The Kier molecular flexibility index (Phi) is 7.12. The summed E-state index contributed by atoms with van der Waals surface area (Å²) in [6, 6.07) is 16.3. The number of hydrogen-bond donors (Lipinski definition) is 0. The maximum absolute atomic E-state index is 12.5. The van der Waals surface area contributed by atoms with Gasteiger partial charge in [0.05, 0.1) is 33.0 Å². The number of nitro benzene ring substituents is 2. The second-order valence-electron chi connectivity index (χ2n) is 6.93. The lowest BCUT2D eigenvalue weighted by Gasteiger charge is -2.22. The highest BCUT2D eigenvalue weighted by atomic mass is 32.2. The van der Waals surface area contributed by atoms with Crippen molar-refractivity contribution in [1.29, 1.82) is 15.8 Å². The van der Waals surface area contributed by atoms with E-state index in [1.54, 1.807) is 0 Å². The summed E-state index contributed by atoms with van der Waals surface area (Å²) >= 11 is 0.904. The van der Waals surface area contributed by atoms with Crippen molar-refractivity contribution in [2.24, 2.45) is 16.8 Å². The van der Waals surface area contributed by atoms with E-state index in [-0.39, 0.29) is 21.3 Å². The fourth-order valence-electron chi connectivity index (χ4n) is 3.28. The lowest BCUT2D eigenvalue weighted by atomic mass is 9.78. The quantitative estimate of drug-likeness (QED) is 0.324. The maximum atomic E-state index is 12.5. The molecule has 11 nitrogen and oxygen atoms in total. The minimum Gasteiger partial charge on any atom is -0.266 e. The molecule has 1 amide bonds. The summed E-state index contributed by atoms with van der Waals surface area (Å²) in [5.74, 6) is -4.08. The van der Waals surface area contributed by atoms with Gasteiger partial charge in [0.15, 0.2) is 0 Å². The molecule has 0 radical (unpaired) electrons. The number of carbonyl (C=O) groups is 1. The molecule has 12 heteroatoms. The maximum Gasteiger partial charge on any atom is 0.284 e. The largest absolute Gasteiger partial charge is 0.284 e. The Morgan fingerprint density at radius 1 is 0.882 bits per heavy atom. The van der Waals surface area contributed by atoms with Gasteiger partial charge >= 0.3 is 0 Å². The zero-order chi connectivity index (χ0) is 24.8. The number of nitriles is 3. The van der Waals surface area contributed by atoms with Gasteiger partial charge in [-0.3, -0.25) is 25.0 Å². The van der Waals surface area contributed by atoms with E-state index in [0.717, 1.165) is 11.8 Å². The van der Waals surface area contributed by atoms with Crippen molar-refractivity contribution in [3.8, 4) is 18.2 Å². The topological polar surface area (TPSA) is 187 Å². The van der Waals surface area contributed by atoms with Crippen LogP contribution in [0.25, 0.3) is 6.08 Å². The van der Waals surface area contributed by atoms with Crippen LogP contribution < -0.4 is 0 Å². The number of thioether (sulfide) groups is 1. The van der Waals surface area contributed by atoms with Gasteiger partial charge in [-0.15, -0.1) is 0 Å². The van der Waals surface area contributed by atoms with Crippen molar-refractivity contribution >= 4 is 40.2 Å². The van der Waals surface area contributed by atoms with Crippen LogP contribution in [-0.4, -0.2) is 20.8 Å². The molecule has 1 aliphatic heterocycles. The van der Waals surface area contributed by atoms with Crippen LogP contribution in [0.4, 0.5) is 11.4 Å². The Morgan fingerprint density at radius 3 is 1.88 bits per heavy atom. The minimum atomic E-state index is -1.28. The van der Waals surface area contributed by atoms with E-state index >= 15 is 0 Å². The van der Waals surface area contributed by atoms with E-state index < -0.39 is 33.5 Å². The summed E-state index contributed by atoms with van der Waals surface area (Å²) in [6.07, 6.45) is 1.47. The van der Waals surface area contributed by atoms with Gasteiger partial charge in [-0.2, -0.15) is 15.8 Å². The molecule has 0 aliphatic carbocycles. The van der Waals surface area contributed by atoms with Gasteiger partial charge in [-0.05, 0) is 29.3 Å². The normalized spacial score (nSPS) is 15.6. The van der Waals surface area contributed by atoms with E-state index in [2.05, 4.69) is 4.99 Å². The summed E-state index contributed by atoms with van der Waals surface area (Å²) in [5.41, 5.74) is 0.538. The third kappa shape index (κ3) is 4.96. The standard InChI is InChI=1S/C22H12N6O5S/c23-10-15(11-24)20(14-3-7-17(8-4-14)28(32)33)18(12-25)22-26-21(29)19(34-22)9-13-1-5-16(6-2-13)27(30)31/h1-9,15,18,20H/b19-9-. The Morgan fingerprint density at radius 2 is 1.41 bits per heavy atom. The summed E-state index contributed by atoms with van der Waals surface area (Å²) in [7, 11) is 0. The molecule has 2 unspecified atom stereocenters. The van der Waals surface area contributed by atoms with E-state index in [0.29, 0.717) is 11.1 Å². The fraction of sp³-hybridized carbons (Fsp3) is 0.136. The van der Waals surface area contributed by atoms with Gasteiger partial charge in [0.1, 0.15) is 16.9 Å². The molecule has 2 aromatic carbocycles. The lowest BCUT2D eigenvalue weighted by molar-refractivity contribution is -0.385. The second kappa shape index (κ2) is 10.2. The highest BCUT2D eigenvalue weighted by Gasteiger charge is 2.39. The molecule has 0 aromatic heterocycles. The lowest BCUT2D eigenvalue weighted by Crippen LogP contribution is -2.24. The molecule has 0 saturated carbocycles. The minimum absolute atomic E-state index is 0.0829. The summed E-state index contributed by atoms with van der Waals surface area (Å²) < 4.78 is 0. The highest BCUT2D eigenvalue weighted by molar-refractivity contribution is 8.18. The molecular formula is C22H12N6O5S. The first-order chi connectivity index (χ1) is 16.3. The van der Waals surface area contributed by atoms with Crippen LogP contribution in [0.5, 0.6) is 0 Å². The van der Waals surface area contributed by atoms with Crippen LogP contribution in [0.2, 0.25) is 0 Å². The number of amides is 1. The molecule has 0 fully saturated rings. The van der Waals surface area contributed by atoms with Crippen LogP contribution in [0.15, 0.2) is 58.4 Å². The second-order valence-corrected chi connectivity index (χ2v) is 7.99. The van der Waals surface area contributed by atoms with Crippen LogP contribution in [0.1, 0.15) is 17.0 Å². The monoisotopic (exact) mass is 472 g/mol. The van der Waals surface area contributed by atoms with E-state index in [1.807, 2.05) is 18.2 Å². The number of rotatable bonds is 7. The molecule has 1 aliphatic rings. The number of hydrogen-bond acceptors (Lipinski definition) is 9. The third-order valence-electron chi connectivity index (χ3n) is 4.93. The molecule has 0 bridgehead atoms. The Hall–Kier alpha value is -4.86. The molecule has 2 aromatic rings. The van der Waals surface area contributed by atoms with E-state index in [4.69, 9.17) is 0 Å². The number of non-ortho nitro benzene ring substituents is 2. The van der Waals surface area contributed by atoms with Gasteiger partial charge in [0.25, 0.3) is 17.3 Å². The fourth-order valence-corrected chi connectivity index (χ4v) is 4.28. The van der Waals surface area contributed by atoms with E-state index in [1.165, 1.54) is 54.6 Å². The Labute approximate surface area is 196 Å². The van der Waals surface area contributed by atoms with Gasteiger partial charge < -0.3 is 0 Å². The predicted molar refractivity (Wildman–Crippen MR) is 121 cm³/mol. The first-order valence-electron chi connectivity index (χ1n) is 9.49. The number of aliphatic imine (C=N–C) groups is 1. The van der Waals surface area contributed by atoms with Gasteiger partial charge in [-0.25, -0.2) is 4.99 Å². The van der Waals surface area contributed by atoms with Crippen molar-refractivity contribution < 1.29 is 14.6 Å². The van der Waals surface area contributed by atoms with Crippen molar-refractivity contribution in [2.45, 2.75) is 5.92 Å². The SMILES string of the molecule is N#CC(C#N)C(c1ccc([N+](=O)[O-])cc1)C(C#N)C1=NC(=O)/C(=C/c2ccc([N+](=O)[O-])cc2)S1. The van der Waals surface area contributed by atoms with Crippen molar-refractivity contribution in [2.75, 3.05) is 0 Å². The van der Waals surface area contributed by atoms with Crippen molar-refractivity contribution in [3.05, 3.63) is 84.8 Å². The zero-order valence-electron chi connectivity index (χ0n) is 17.1. The molecule has 166 valence electrons. The molecule has 0 spiro atoms. The Balaban J connectivity index is 1.94. The number of carbonyl (C=O) groups excluding carboxylic acids is 1. The van der Waals surface area contributed by atoms with Gasteiger partial charge in [0.2, 0.25) is 0 Å². The molecule has 1 heterocycles. The number of benzene rings is 2. The average molecular weight is 472 g/mol. The number of nitrogens with zero attached hydrogens (tertiary/aromatic N) is 6. The van der Waals surface area contributed by atoms with Crippen molar-refractivity contribution in [3.63, 3.8) is 0 Å². The van der Waals surface area contributed by atoms with Crippen LogP contribution in [0, 0.1) is 66.1 Å². The highest BCUT2D eigenvalue weighted by Crippen LogP contribution is 2.40. The molecule has 0 N–H and O–H groups in total. The molecule has 2 atom stereocenters. The molecule has 0 saturated heterocycles. The van der Waals surface area contributed by atoms with E-state index in [9.17, 15) is 40.8 Å². The van der Waals surface area contributed by atoms with Gasteiger partial charge in [-0.1, -0.05) is 23.9 Å². The van der Waals surface area contributed by atoms with Crippen molar-refractivity contribution in [1.82, 2.24) is 0 Å². The van der Waals surface area contributed by atoms with Gasteiger partial charge in [0, 0.05) is 30.2 Å². The Bertz CT molecular complexity index is 1330. The van der Waals surface area contributed by atoms with Crippen LogP contribution in [-0.2, 0) is 4.79 Å². The first-order valence-corrected chi connectivity index (χ1v) is 10.3. The molecule has 34 heavy (non-hydrogen) atoms.